The van der Waals surface area contributed by atoms with Gasteiger partial charge in [0, 0.05) is 0 Å². The van der Waals surface area contributed by atoms with Crippen molar-refractivity contribution >= 4 is 28.6 Å². The smallest absolute Gasteiger partial charge is 0.316 e. The summed E-state index contributed by atoms with van der Waals surface area (Å²) in [6, 6.07) is 0. The van der Waals surface area contributed by atoms with Gasteiger partial charge in [0.15, 0.2) is 0 Å². The molecule has 4 rings (SSSR count). The van der Waals surface area contributed by atoms with Gasteiger partial charge in [0.05, 0.1) is 4.43 Å². The van der Waals surface area contributed by atoms with Crippen LogP contribution in [-0.2, 0) is 9.53 Å². The van der Waals surface area contributed by atoms with Crippen LogP contribution in [0.2, 0.25) is 0 Å². The van der Waals surface area contributed by atoms with E-state index >= 15 is 0 Å². The zero-order valence-corrected chi connectivity index (χ0v) is 23.7. The lowest BCUT2D eigenvalue weighted by Crippen LogP contribution is -2.54. The van der Waals surface area contributed by atoms with E-state index in [1.165, 1.54) is 64.2 Å². The minimum Gasteiger partial charge on any atom is -0.462 e. The molecule has 184 valence electrons. The summed E-state index contributed by atoms with van der Waals surface area (Å²) < 4.78 is 6.28. The Hall–Kier alpha value is 0.200. The van der Waals surface area contributed by atoms with E-state index in [4.69, 9.17) is 4.74 Å². The Labute approximate surface area is 211 Å². The molecule has 4 aliphatic rings. The molecule has 0 aromatic heterocycles. The van der Waals surface area contributed by atoms with Gasteiger partial charge in [0.2, 0.25) is 0 Å². The van der Waals surface area contributed by atoms with Crippen molar-refractivity contribution in [1.29, 1.82) is 0 Å². The number of rotatable bonds is 7. The predicted molar refractivity (Wildman–Crippen MR) is 142 cm³/mol. The van der Waals surface area contributed by atoms with Crippen molar-refractivity contribution in [2.75, 3.05) is 4.43 Å². The molecule has 0 saturated heterocycles. The summed E-state index contributed by atoms with van der Waals surface area (Å²) in [6.07, 6.45) is 16.6. The Bertz CT molecular complexity index is 662. The zero-order chi connectivity index (χ0) is 23.1. The third-order valence-electron chi connectivity index (χ3n) is 11.2. The van der Waals surface area contributed by atoms with Crippen LogP contribution in [0.25, 0.3) is 0 Å². The van der Waals surface area contributed by atoms with Gasteiger partial charge in [-0.2, -0.15) is 0 Å². The average Bonchev–Trinajstić information content (AvgIpc) is 3.11. The molecule has 0 unspecified atom stereocenters. The molecule has 0 radical (unpaired) electrons. The van der Waals surface area contributed by atoms with Crippen LogP contribution < -0.4 is 0 Å². The van der Waals surface area contributed by atoms with E-state index < -0.39 is 0 Å². The maximum absolute atomic E-state index is 11.9. The first-order valence-electron chi connectivity index (χ1n) is 13.9. The summed E-state index contributed by atoms with van der Waals surface area (Å²) in [7, 11) is 0. The van der Waals surface area contributed by atoms with Crippen molar-refractivity contribution in [1.82, 2.24) is 0 Å². The molecule has 9 atom stereocenters. The van der Waals surface area contributed by atoms with Crippen LogP contribution in [0.15, 0.2) is 0 Å². The first-order chi connectivity index (χ1) is 15.2. The molecule has 4 aliphatic carbocycles. The molecule has 4 saturated carbocycles. The highest BCUT2D eigenvalue weighted by molar-refractivity contribution is 14.1. The number of halogens is 1. The Kier molecular flexibility index (Phi) is 7.95. The first kappa shape index (κ1) is 25.3. The predicted octanol–water partition coefficient (Wildman–Crippen LogP) is 8.45. The normalized spacial score (nSPS) is 44.5. The third kappa shape index (κ3) is 4.68. The molecule has 0 aromatic carbocycles. The lowest BCUT2D eigenvalue weighted by molar-refractivity contribution is -0.159. The highest BCUT2D eigenvalue weighted by Crippen LogP contribution is 2.68. The average molecular weight is 557 g/mol. The molecule has 0 bridgehead atoms. The fourth-order valence-corrected chi connectivity index (χ4v) is 9.75. The van der Waals surface area contributed by atoms with Gasteiger partial charge in [0.25, 0.3) is 0 Å². The molecule has 0 aromatic rings. The van der Waals surface area contributed by atoms with Crippen LogP contribution in [-0.4, -0.2) is 16.5 Å². The first-order valence-corrected chi connectivity index (χ1v) is 15.5. The number of hydrogen-bond donors (Lipinski definition) is 0. The Morgan fingerprint density at radius 1 is 0.938 bits per heavy atom. The van der Waals surface area contributed by atoms with Crippen molar-refractivity contribution in [2.24, 2.45) is 52.3 Å². The van der Waals surface area contributed by atoms with Gasteiger partial charge < -0.3 is 4.74 Å². The fourth-order valence-electron chi connectivity index (χ4n) is 9.57. The number of fused-ring (bicyclic) bond motifs is 5. The molecule has 3 heteroatoms. The Balaban J connectivity index is 1.42. The number of carbonyl (C=O) groups excluding carboxylic acids is 1. The van der Waals surface area contributed by atoms with Crippen LogP contribution >= 0.6 is 22.6 Å². The monoisotopic (exact) mass is 556 g/mol. The lowest BCUT2D eigenvalue weighted by atomic mass is 9.44. The SMILES string of the molecule is CC(C)CCC[C@@H](C)[C@H]1CC[C@H]2[C@@H]3CC[C@H]4C[C@H](OC(=O)CI)CC[C@]4(C)[C@H]3CC[C@]12C. The maximum atomic E-state index is 11.9. The molecule has 0 heterocycles. The van der Waals surface area contributed by atoms with Crippen molar-refractivity contribution in [3.63, 3.8) is 0 Å². The summed E-state index contributed by atoms with van der Waals surface area (Å²) in [5, 5.41) is 0. The van der Waals surface area contributed by atoms with Crippen molar-refractivity contribution in [3.05, 3.63) is 0 Å². The molecule has 0 spiro atoms. The van der Waals surface area contributed by atoms with Crippen molar-refractivity contribution in [2.45, 2.75) is 118 Å². The molecular formula is C29H49IO2. The van der Waals surface area contributed by atoms with Crippen LogP contribution in [0, 0.1) is 52.3 Å². The largest absolute Gasteiger partial charge is 0.462 e. The van der Waals surface area contributed by atoms with E-state index in [-0.39, 0.29) is 12.1 Å². The van der Waals surface area contributed by atoms with Crippen LogP contribution in [0.4, 0.5) is 0 Å². The number of ether oxygens (including phenoxy) is 1. The maximum Gasteiger partial charge on any atom is 0.316 e. The third-order valence-corrected chi connectivity index (χ3v) is 11.8. The lowest BCUT2D eigenvalue weighted by Gasteiger charge is -2.61. The number of esters is 1. The fraction of sp³-hybridized carbons (Fsp3) is 0.966. The molecule has 0 N–H and O–H groups in total. The molecule has 32 heavy (non-hydrogen) atoms. The van der Waals surface area contributed by atoms with Gasteiger partial charge in [-0.05, 0) is 110 Å². The van der Waals surface area contributed by atoms with Gasteiger partial charge in [0.1, 0.15) is 6.10 Å². The van der Waals surface area contributed by atoms with Crippen LogP contribution in [0.5, 0.6) is 0 Å². The second kappa shape index (κ2) is 10.1. The summed E-state index contributed by atoms with van der Waals surface area (Å²) >= 11 is 2.13. The Morgan fingerprint density at radius 2 is 1.66 bits per heavy atom. The molecule has 0 aliphatic heterocycles. The summed E-state index contributed by atoms with van der Waals surface area (Å²) in [5.74, 6) is 6.28. The van der Waals surface area contributed by atoms with Gasteiger partial charge in [-0.25, -0.2) is 0 Å². The minimum absolute atomic E-state index is 0.0131. The topological polar surface area (TPSA) is 26.3 Å². The minimum atomic E-state index is -0.0131. The van der Waals surface area contributed by atoms with Crippen molar-refractivity contribution in [3.8, 4) is 0 Å². The Morgan fingerprint density at radius 3 is 2.38 bits per heavy atom. The standard InChI is InChI=1S/C29H49IO2/c1-19(2)7-6-8-20(3)24-11-12-25-23-10-9-21-17-22(32-27(31)18-30)13-15-28(21,4)26(23)14-16-29(24,25)5/h19-26H,6-18H2,1-5H3/t20-,21+,22-,23+,24-,25+,26+,28+,29-/m1/s1. The summed E-state index contributed by atoms with van der Waals surface area (Å²) in [5.41, 5.74) is 1.08. The number of carbonyl (C=O) groups is 1. The van der Waals surface area contributed by atoms with Gasteiger partial charge >= 0.3 is 5.97 Å². The van der Waals surface area contributed by atoms with E-state index in [0.29, 0.717) is 15.3 Å². The number of hydrogen-bond acceptors (Lipinski definition) is 2. The van der Waals surface area contributed by atoms with E-state index in [2.05, 4.69) is 57.2 Å². The highest BCUT2D eigenvalue weighted by Gasteiger charge is 2.60. The molecule has 4 fully saturated rings. The number of alkyl halides is 1. The van der Waals surface area contributed by atoms with Gasteiger partial charge in [-0.3, -0.25) is 4.79 Å². The van der Waals surface area contributed by atoms with E-state index in [1.54, 1.807) is 0 Å². The second-order valence-corrected chi connectivity index (χ2v) is 14.0. The van der Waals surface area contributed by atoms with Crippen LogP contribution in [0.1, 0.15) is 112 Å². The van der Waals surface area contributed by atoms with Gasteiger partial charge in [-0.15, -0.1) is 0 Å². The van der Waals surface area contributed by atoms with Crippen LogP contribution in [0.3, 0.4) is 0 Å². The second-order valence-electron chi connectivity index (χ2n) is 13.2. The summed E-state index contributed by atoms with van der Waals surface area (Å²) in [4.78, 5) is 11.9. The van der Waals surface area contributed by atoms with E-state index in [1.807, 2.05) is 0 Å². The molecule has 2 nitrogen and oxygen atoms in total. The summed E-state index contributed by atoms with van der Waals surface area (Å²) in [6.45, 7) is 12.7. The van der Waals surface area contributed by atoms with E-state index in [9.17, 15) is 4.79 Å². The van der Waals surface area contributed by atoms with Crippen molar-refractivity contribution < 1.29 is 9.53 Å². The van der Waals surface area contributed by atoms with Gasteiger partial charge in [-0.1, -0.05) is 76.5 Å². The van der Waals surface area contributed by atoms with E-state index in [0.717, 1.165) is 54.3 Å². The molecular weight excluding hydrogens is 507 g/mol. The molecule has 0 amide bonds. The highest BCUT2D eigenvalue weighted by atomic mass is 127. The zero-order valence-electron chi connectivity index (χ0n) is 21.5. The quantitative estimate of drug-likeness (QED) is 0.179.